The topological polar surface area (TPSA) is 89.7 Å². The molecule has 1 amide bonds. The van der Waals surface area contributed by atoms with Crippen molar-refractivity contribution < 1.29 is 22.3 Å². The molecular formula is C18H18ClFN2O4S. The fourth-order valence-electron chi connectivity index (χ4n) is 3.14. The molecule has 9 heteroatoms. The summed E-state index contributed by atoms with van der Waals surface area (Å²) in [6.07, 6.45) is 0.407. The second-order valence-electron chi connectivity index (χ2n) is 6.41. The summed E-state index contributed by atoms with van der Waals surface area (Å²) in [6.45, 7) is 1.85. The summed E-state index contributed by atoms with van der Waals surface area (Å²) in [5.74, 6) is -1.06. The van der Waals surface area contributed by atoms with E-state index in [-0.39, 0.29) is 21.6 Å². The second-order valence-corrected chi connectivity index (χ2v) is 8.81. The average molecular weight is 413 g/mol. The highest BCUT2D eigenvalue weighted by molar-refractivity contribution is 7.89. The Labute approximate surface area is 161 Å². The minimum absolute atomic E-state index is 0.0888. The van der Waals surface area contributed by atoms with Crippen LogP contribution in [-0.2, 0) is 21.2 Å². The third-order valence-electron chi connectivity index (χ3n) is 4.39. The van der Waals surface area contributed by atoms with E-state index >= 15 is 0 Å². The number of likely N-dealkylation sites (N-methyl/N-ethyl adjacent to an activating group) is 1. The van der Waals surface area contributed by atoms with Gasteiger partial charge in [-0.15, -0.1) is 0 Å². The molecule has 144 valence electrons. The van der Waals surface area contributed by atoms with Crippen LogP contribution in [0.2, 0.25) is 5.02 Å². The Morgan fingerprint density at radius 3 is 2.70 bits per heavy atom. The number of amides is 1. The predicted molar refractivity (Wildman–Crippen MR) is 98.5 cm³/mol. The number of hydrogen-bond acceptors (Lipinski definition) is 4. The number of carbonyl (C=O) groups is 1. The fraction of sp³-hybridized carbons (Fsp3) is 0.278. The molecule has 1 heterocycles. The number of hydrogen-bond donors (Lipinski definition) is 1. The zero-order chi connectivity index (χ0) is 19.9. The SMILES string of the molecule is C[C@@H]1Cc2cc(S(=O)(=O)N(C)[C@H](C(N)=O)c3cccc(F)c3)cc(Cl)c2O1. The first-order chi connectivity index (χ1) is 12.6. The minimum Gasteiger partial charge on any atom is -0.489 e. The van der Waals surface area contributed by atoms with Gasteiger partial charge in [-0.05, 0) is 36.8 Å². The summed E-state index contributed by atoms with van der Waals surface area (Å²) in [7, 11) is -2.92. The van der Waals surface area contributed by atoms with Crippen LogP contribution in [0.5, 0.6) is 5.75 Å². The Balaban J connectivity index is 2.04. The zero-order valence-electron chi connectivity index (χ0n) is 14.6. The molecule has 0 bridgehead atoms. The van der Waals surface area contributed by atoms with Gasteiger partial charge < -0.3 is 10.5 Å². The van der Waals surface area contributed by atoms with Gasteiger partial charge >= 0.3 is 0 Å². The smallest absolute Gasteiger partial charge is 0.243 e. The second kappa shape index (κ2) is 7.10. The molecule has 3 rings (SSSR count). The summed E-state index contributed by atoms with van der Waals surface area (Å²) in [4.78, 5) is 11.9. The first-order valence-electron chi connectivity index (χ1n) is 8.13. The lowest BCUT2D eigenvalue weighted by Gasteiger charge is -2.25. The van der Waals surface area contributed by atoms with Gasteiger partial charge in [0.1, 0.15) is 23.7 Å². The van der Waals surface area contributed by atoms with Crippen LogP contribution in [0.1, 0.15) is 24.1 Å². The number of carbonyl (C=O) groups excluding carboxylic acids is 1. The van der Waals surface area contributed by atoms with Gasteiger partial charge in [0.15, 0.2) is 0 Å². The van der Waals surface area contributed by atoms with Crippen LogP contribution in [0.25, 0.3) is 0 Å². The lowest BCUT2D eigenvalue weighted by molar-refractivity contribution is -0.121. The molecule has 1 aliphatic heterocycles. The van der Waals surface area contributed by atoms with Gasteiger partial charge in [0.25, 0.3) is 0 Å². The highest BCUT2D eigenvalue weighted by Crippen LogP contribution is 2.39. The highest BCUT2D eigenvalue weighted by Gasteiger charge is 2.35. The Morgan fingerprint density at radius 2 is 2.07 bits per heavy atom. The molecule has 6 nitrogen and oxygen atoms in total. The van der Waals surface area contributed by atoms with Crippen molar-refractivity contribution in [2.45, 2.75) is 30.4 Å². The number of sulfonamides is 1. The van der Waals surface area contributed by atoms with E-state index in [0.717, 1.165) is 10.4 Å². The third-order valence-corrected chi connectivity index (χ3v) is 6.48. The van der Waals surface area contributed by atoms with Gasteiger partial charge in [-0.25, -0.2) is 12.8 Å². The lowest BCUT2D eigenvalue weighted by atomic mass is 10.1. The molecule has 2 aromatic rings. The number of fused-ring (bicyclic) bond motifs is 1. The highest BCUT2D eigenvalue weighted by atomic mass is 35.5. The Morgan fingerprint density at radius 1 is 1.37 bits per heavy atom. The summed E-state index contributed by atoms with van der Waals surface area (Å²) < 4.78 is 46.2. The van der Waals surface area contributed by atoms with Gasteiger partial charge in [-0.2, -0.15) is 4.31 Å². The van der Waals surface area contributed by atoms with E-state index in [9.17, 15) is 17.6 Å². The molecule has 2 N–H and O–H groups in total. The molecule has 0 aliphatic carbocycles. The van der Waals surface area contributed by atoms with E-state index in [1.807, 2.05) is 6.92 Å². The van der Waals surface area contributed by atoms with Crippen LogP contribution < -0.4 is 10.5 Å². The van der Waals surface area contributed by atoms with E-state index in [1.165, 1.54) is 37.4 Å². The van der Waals surface area contributed by atoms with Crippen LogP contribution in [0.15, 0.2) is 41.3 Å². The van der Waals surface area contributed by atoms with Crippen molar-refractivity contribution in [3.05, 3.63) is 58.4 Å². The van der Waals surface area contributed by atoms with E-state index in [1.54, 1.807) is 0 Å². The molecule has 0 fully saturated rings. The molecule has 0 unspecified atom stereocenters. The van der Waals surface area contributed by atoms with Crippen molar-refractivity contribution in [1.29, 1.82) is 0 Å². The van der Waals surface area contributed by atoms with Crippen molar-refractivity contribution in [2.24, 2.45) is 5.73 Å². The maximum absolute atomic E-state index is 13.6. The minimum atomic E-state index is -4.14. The molecule has 0 saturated heterocycles. The van der Waals surface area contributed by atoms with E-state index in [4.69, 9.17) is 22.1 Å². The van der Waals surface area contributed by atoms with Crippen molar-refractivity contribution >= 4 is 27.5 Å². The number of halogens is 2. The average Bonchev–Trinajstić information content (AvgIpc) is 2.95. The molecule has 2 aromatic carbocycles. The number of nitrogens with two attached hydrogens (primary N) is 1. The van der Waals surface area contributed by atoms with Crippen LogP contribution in [0.4, 0.5) is 4.39 Å². The first-order valence-corrected chi connectivity index (χ1v) is 9.95. The summed E-state index contributed by atoms with van der Waals surface area (Å²) in [6, 6.07) is 6.47. The molecule has 2 atom stereocenters. The molecule has 27 heavy (non-hydrogen) atoms. The first kappa shape index (κ1) is 19.6. The quantitative estimate of drug-likeness (QED) is 0.817. The maximum Gasteiger partial charge on any atom is 0.243 e. The largest absolute Gasteiger partial charge is 0.489 e. The number of ether oxygens (including phenoxy) is 1. The van der Waals surface area contributed by atoms with E-state index in [2.05, 4.69) is 0 Å². The monoisotopic (exact) mass is 412 g/mol. The summed E-state index contributed by atoms with van der Waals surface area (Å²) in [5.41, 5.74) is 6.23. The number of nitrogens with zero attached hydrogens (tertiary/aromatic N) is 1. The summed E-state index contributed by atoms with van der Waals surface area (Å²) >= 11 is 6.18. The van der Waals surface area contributed by atoms with Gasteiger partial charge in [0.2, 0.25) is 15.9 Å². The zero-order valence-corrected chi connectivity index (χ0v) is 16.2. The standard InChI is InChI=1S/C18H18ClFN2O4S/c1-10-6-12-8-14(9-15(19)17(12)26-10)27(24,25)22(2)16(18(21)23)11-4-3-5-13(20)7-11/h3-5,7-10,16H,6H2,1-2H3,(H2,21,23)/t10-,16+/m1/s1. The van der Waals surface area contributed by atoms with Gasteiger partial charge in [-0.1, -0.05) is 23.7 Å². The number of rotatable bonds is 5. The Bertz CT molecular complexity index is 1010. The van der Waals surface area contributed by atoms with Crippen LogP contribution in [-0.4, -0.2) is 31.8 Å². The van der Waals surface area contributed by atoms with Gasteiger partial charge in [0.05, 0.1) is 9.92 Å². The van der Waals surface area contributed by atoms with E-state index < -0.39 is 27.8 Å². The van der Waals surface area contributed by atoms with Crippen molar-refractivity contribution in [2.75, 3.05) is 7.05 Å². The maximum atomic E-state index is 13.6. The van der Waals surface area contributed by atoms with E-state index in [0.29, 0.717) is 17.7 Å². The molecule has 0 radical (unpaired) electrons. The molecule has 0 saturated carbocycles. The van der Waals surface area contributed by atoms with Crippen molar-refractivity contribution in [1.82, 2.24) is 4.31 Å². The Kier molecular flexibility index (Phi) is 5.16. The van der Waals surface area contributed by atoms with Crippen molar-refractivity contribution in [3.63, 3.8) is 0 Å². The van der Waals surface area contributed by atoms with Crippen LogP contribution in [0.3, 0.4) is 0 Å². The van der Waals surface area contributed by atoms with Crippen molar-refractivity contribution in [3.8, 4) is 5.75 Å². The van der Waals surface area contributed by atoms with Gasteiger partial charge in [-0.3, -0.25) is 4.79 Å². The molecule has 1 aliphatic rings. The Hall–Kier alpha value is -2.16. The molecule has 0 aromatic heterocycles. The van der Waals surface area contributed by atoms with Gasteiger partial charge in [0, 0.05) is 19.0 Å². The summed E-state index contributed by atoms with van der Waals surface area (Å²) in [5, 5.41) is 0.171. The molecular weight excluding hydrogens is 395 g/mol. The third kappa shape index (κ3) is 3.65. The fourth-order valence-corrected chi connectivity index (χ4v) is 4.88. The van der Waals surface area contributed by atoms with Crippen LogP contribution in [0, 0.1) is 5.82 Å². The lowest BCUT2D eigenvalue weighted by Crippen LogP contribution is -2.39. The number of benzene rings is 2. The van der Waals surface area contributed by atoms with Crippen LogP contribution >= 0.6 is 11.6 Å². The normalized spacial score (nSPS) is 17.4. The number of primary amides is 1. The predicted octanol–water partition coefficient (Wildman–Crippen LogP) is 2.65. The molecule has 0 spiro atoms.